The smallest absolute Gasteiger partial charge is 0.339 e. The summed E-state index contributed by atoms with van der Waals surface area (Å²) in [7, 11) is 1.30. The summed E-state index contributed by atoms with van der Waals surface area (Å²) in [5.74, 6) is -0.887. The van der Waals surface area contributed by atoms with Crippen LogP contribution in [0.25, 0.3) is 17.1 Å². The molecule has 0 unspecified atom stereocenters. The third-order valence-corrected chi connectivity index (χ3v) is 3.71. The molecular weight excluding hydrogens is 330 g/mol. The lowest BCUT2D eigenvalue weighted by Gasteiger charge is -2.09. The van der Waals surface area contributed by atoms with Crippen LogP contribution in [0.5, 0.6) is 0 Å². The van der Waals surface area contributed by atoms with Gasteiger partial charge in [0.05, 0.1) is 41.3 Å². The SMILES string of the molecule is COC(=O)c1cc(C)ccc1NC(=O)/C=C/c1cnc2ccccc2n1. The molecule has 1 aromatic heterocycles. The molecule has 0 saturated carbocycles. The van der Waals surface area contributed by atoms with Crippen LogP contribution in [-0.4, -0.2) is 29.0 Å². The highest BCUT2D eigenvalue weighted by Crippen LogP contribution is 2.18. The van der Waals surface area contributed by atoms with Crippen molar-refractivity contribution in [2.45, 2.75) is 6.92 Å². The van der Waals surface area contributed by atoms with E-state index in [2.05, 4.69) is 15.3 Å². The molecule has 0 saturated heterocycles. The Bertz CT molecular complexity index is 1010. The molecule has 6 nitrogen and oxygen atoms in total. The number of benzene rings is 2. The number of fused-ring (bicyclic) bond motifs is 1. The number of hydrogen-bond donors (Lipinski definition) is 1. The van der Waals surface area contributed by atoms with Gasteiger partial charge in [-0.15, -0.1) is 0 Å². The summed E-state index contributed by atoms with van der Waals surface area (Å²) in [6.45, 7) is 1.86. The molecule has 1 amide bonds. The van der Waals surface area contributed by atoms with E-state index in [-0.39, 0.29) is 5.91 Å². The van der Waals surface area contributed by atoms with Crippen molar-refractivity contribution >= 4 is 34.7 Å². The third kappa shape index (κ3) is 3.92. The second kappa shape index (κ2) is 7.57. The Kier molecular flexibility index (Phi) is 5.03. The van der Waals surface area contributed by atoms with E-state index < -0.39 is 5.97 Å². The molecule has 3 rings (SSSR count). The molecule has 0 bridgehead atoms. The van der Waals surface area contributed by atoms with Crippen molar-refractivity contribution in [2.75, 3.05) is 12.4 Å². The molecular formula is C20H17N3O3. The maximum absolute atomic E-state index is 12.2. The van der Waals surface area contributed by atoms with Gasteiger partial charge < -0.3 is 10.1 Å². The number of hydrogen-bond acceptors (Lipinski definition) is 5. The quantitative estimate of drug-likeness (QED) is 0.578. The summed E-state index contributed by atoms with van der Waals surface area (Å²) < 4.78 is 4.76. The van der Waals surface area contributed by atoms with Crippen molar-refractivity contribution in [1.29, 1.82) is 0 Å². The van der Waals surface area contributed by atoms with Gasteiger partial charge in [-0.25, -0.2) is 9.78 Å². The summed E-state index contributed by atoms with van der Waals surface area (Å²) in [4.78, 5) is 32.8. The normalized spacial score (nSPS) is 10.8. The van der Waals surface area contributed by atoms with E-state index in [0.29, 0.717) is 16.9 Å². The number of nitrogens with one attached hydrogen (secondary N) is 1. The van der Waals surface area contributed by atoms with Crippen LogP contribution in [0.3, 0.4) is 0 Å². The molecule has 0 aliphatic rings. The zero-order valence-electron chi connectivity index (χ0n) is 14.4. The van der Waals surface area contributed by atoms with E-state index in [1.807, 2.05) is 31.2 Å². The Morgan fingerprint density at radius 1 is 1.12 bits per heavy atom. The van der Waals surface area contributed by atoms with Crippen LogP contribution in [0.4, 0.5) is 5.69 Å². The predicted molar refractivity (Wildman–Crippen MR) is 99.7 cm³/mol. The topological polar surface area (TPSA) is 81.2 Å². The van der Waals surface area contributed by atoms with E-state index in [0.717, 1.165) is 16.6 Å². The van der Waals surface area contributed by atoms with Gasteiger partial charge in [-0.1, -0.05) is 23.8 Å². The van der Waals surface area contributed by atoms with Gasteiger partial charge >= 0.3 is 5.97 Å². The second-order valence-corrected chi connectivity index (χ2v) is 5.65. The number of anilines is 1. The van der Waals surface area contributed by atoms with E-state index in [1.165, 1.54) is 13.2 Å². The summed E-state index contributed by atoms with van der Waals surface area (Å²) in [5, 5.41) is 2.69. The number of ether oxygens (including phenoxy) is 1. The molecule has 0 spiro atoms. The van der Waals surface area contributed by atoms with Crippen LogP contribution in [0.1, 0.15) is 21.6 Å². The summed E-state index contributed by atoms with van der Waals surface area (Å²) >= 11 is 0. The van der Waals surface area contributed by atoms with Gasteiger partial charge in [0.1, 0.15) is 0 Å². The van der Waals surface area contributed by atoms with Gasteiger partial charge in [0, 0.05) is 6.08 Å². The largest absolute Gasteiger partial charge is 0.465 e. The number of nitrogens with zero attached hydrogens (tertiary/aromatic N) is 2. The van der Waals surface area contributed by atoms with Crippen LogP contribution in [0, 0.1) is 6.92 Å². The number of carbonyl (C=O) groups is 2. The fourth-order valence-electron chi connectivity index (χ4n) is 2.43. The number of esters is 1. The Hall–Kier alpha value is -3.54. The molecule has 26 heavy (non-hydrogen) atoms. The first-order valence-electron chi connectivity index (χ1n) is 7.96. The second-order valence-electron chi connectivity index (χ2n) is 5.65. The van der Waals surface area contributed by atoms with E-state index >= 15 is 0 Å². The standard InChI is InChI=1S/C20H17N3O3/c1-13-7-9-16(15(11-13)20(25)26-2)23-19(24)10-8-14-12-21-17-5-3-4-6-18(17)22-14/h3-12H,1-2H3,(H,23,24)/b10-8+. The third-order valence-electron chi connectivity index (χ3n) is 3.71. The first kappa shape index (κ1) is 17.3. The monoisotopic (exact) mass is 347 g/mol. The average Bonchev–Trinajstić information content (AvgIpc) is 2.67. The molecule has 0 radical (unpaired) electrons. The highest BCUT2D eigenvalue weighted by molar-refractivity contribution is 6.06. The van der Waals surface area contributed by atoms with Crippen LogP contribution >= 0.6 is 0 Å². The minimum atomic E-state index is -0.506. The van der Waals surface area contributed by atoms with Crippen molar-refractivity contribution < 1.29 is 14.3 Å². The number of methoxy groups -OCH3 is 1. The van der Waals surface area contributed by atoms with Crippen LogP contribution < -0.4 is 5.32 Å². The van der Waals surface area contributed by atoms with Crippen molar-refractivity contribution in [1.82, 2.24) is 9.97 Å². The molecule has 0 atom stereocenters. The molecule has 0 aliphatic heterocycles. The fourth-order valence-corrected chi connectivity index (χ4v) is 2.43. The van der Waals surface area contributed by atoms with Gasteiger partial charge in [-0.3, -0.25) is 9.78 Å². The van der Waals surface area contributed by atoms with Crippen LogP contribution in [0.2, 0.25) is 0 Å². The van der Waals surface area contributed by atoms with Crippen molar-refractivity contribution in [2.24, 2.45) is 0 Å². The highest BCUT2D eigenvalue weighted by atomic mass is 16.5. The molecule has 1 heterocycles. The van der Waals surface area contributed by atoms with Gasteiger partial charge in [0.15, 0.2) is 0 Å². The lowest BCUT2D eigenvalue weighted by Crippen LogP contribution is -2.13. The average molecular weight is 347 g/mol. The number of aryl methyl sites for hydroxylation is 1. The Morgan fingerprint density at radius 3 is 2.65 bits per heavy atom. The molecule has 130 valence electrons. The molecule has 1 N–H and O–H groups in total. The van der Waals surface area contributed by atoms with Gasteiger partial charge in [0.25, 0.3) is 0 Å². The van der Waals surface area contributed by atoms with Crippen molar-refractivity contribution in [3.05, 3.63) is 71.6 Å². The minimum absolute atomic E-state index is 0.305. The Morgan fingerprint density at radius 2 is 1.88 bits per heavy atom. The summed E-state index contributed by atoms with van der Waals surface area (Å²) in [6, 6.07) is 12.6. The van der Waals surface area contributed by atoms with Crippen molar-refractivity contribution in [3.63, 3.8) is 0 Å². The van der Waals surface area contributed by atoms with Gasteiger partial charge in [-0.2, -0.15) is 0 Å². The summed E-state index contributed by atoms with van der Waals surface area (Å²) in [5.41, 5.74) is 3.70. The van der Waals surface area contributed by atoms with Crippen molar-refractivity contribution in [3.8, 4) is 0 Å². The number of para-hydroxylation sites is 2. The zero-order valence-corrected chi connectivity index (χ0v) is 14.4. The van der Waals surface area contributed by atoms with Gasteiger partial charge in [-0.05, 0) is 37.3 Å². The Labute approximate surface area is 150 Å². The minimum Gasteiger partial charge on any atom is -0.465 e. The molecule has 0 fully saturated rings. The molecule has 6 heteroatoms. The number of rotatable bonds is 4. The Balaban J connectivity index is 1.78. The first-order valence-corrected chi connectivity index (χ1v) is 7.96. The first-order chi connectivity index (χ1) is 12.6. The number of carbonyl (C=O) groups excluding carboxylic acids is 2. The molecule has 0 aliphatic carbocycles. The van der Waals surface area contributed by atoms with E-state index in [1.54, 1.807) is 30.5 Å². The predicted octanol–water partition coefficient (Wildman–Crippen LogP) is 3.38. The zero-order chi connectivity index (χ0) is 18.5. The van der Waals surface area contributed by atoms with E-state index in [4.69, 9.17) is 4.74 Å². The number of amides is 1. The van der Waals surface area contributed by atoms with Crippen LogP contribution in [-0.2, 0) is 9.53 Å². The summed E-state index contributed by atoms with van der Waals surface area (Å²) in [6.07, 6.45) is 4.51. The lowest BCUT2D eigenvalue weighted by molar-refractivity contribution is -0.111. The maximum Gasteiger partial charge on any atom is 0.339 e. The highest BCUT2D eigenvalue weighted by Gasteiger charge is 2.13. The van der Waals surface area contributed by atoms with Crippen LogP contribution in [0.15, 0.2) is 54.7 Å². The van der Waals surface area contributed by atoms with Gasteiger partial charge in [0.2, 0.25) is 5.91 Å². The molecule has 3 aromatic rings. The molecule has 2 aromatic carbocycles. The maximum atomic E-state index is 12.2. The van der Waals surface area contributed by atoms with E-state index in [9.17, 15) is 9.59 Å². The number of aromatic nitrogens is 2. The fraction of sp³-hybridized carbons (Fsp3) is 0.100. The lowest BCUT2D eigenvalue weighted by atomic mass is 10.1.